The van der Waals surface area contributed by atoms with Crippen molar-refractivity contribution in [2.24, 2.45) is 11.7 Å². The summed E-state index contributed by atoms with van der Waals surface area (Å²) in [6, 6.07) is 1.80. The van der Waals surface area contributed by atoms with Crippen molar-refractivity contribution in [2.45, 2.75) is 19.0 Å². The standard InChI is InChI=1S/C17H18F3N7/c18-17(19,20)13-10-27-12(8-24-15(27)9-23-13)16-22-4-1-14(25-16)26-5-2-11(7-21)3-6-26/h1,4,8-11H,2-3,5-7,21H2. The average Bonchev–Trinajstić information content (AvgIpc) is 3.11. The predicted octanol–water partition coefficient (Wildman–Crippen LogP) is 2.38. The van der Waals surface area contributed by atoms with Crippen LogP contribution in [0.2, 0.25) is 0 Å². The summed E-state index contributed by atoms with van der Waals surface area (Å²) in [6.07, 6.45) is 2.52. The molecular weight excluding hydrogens is 359 g/mol. The van der Waals surface area contributed by atoms with Crippen LogP contribution in [0.5, 0.6) is 0 Å². The van der Waals surface area contributed by atoms with E-state index in [1.165, 1.54) is 10.6 Å². The molecule has 1 saturated heterocycles. The Bertz CT molecular complexity index is 945. The zero-order chi connectivity index (χ0) is 19.0. The van der Waals surface area contributed by atoms with Crippen molar-refractivity contribution in [1.29, 1.82) is 0 Å². The van der Waals surface area contributed by atoms with Gasteiger partial charge in [0.25, 0.3) is 0 Å². The molecule has 0 radical (unpaired) electrons. The normalized spacial score (nSPS) is 16.2. The third kappa shape index (κ3) is 3.44. The van der Waals surface area contributed by atoms with Crippen LogP contribution in [0.3, 0.4) is 0 Å². The summed E-state index contributed by atoms with van der Waals surface area (Å²) in [5.74, 6) is 1.59. The van der Waals surface area contributed by atoms with Crippen molar-refractivity contribution in [3.63, 3.8) is 0 Å². The molecule has 0 bridgehead atoms. The van der Waals surface area contributed by atoms with Gasteiger partial charge >= 0.3 is 6.18 Å². The van der Waals surface area contributed by atoms with E-state index in [2.05, 4.69) is 24.8 Å². The smallest absolute Gasteiger partial charge is 0.356 e. The second-order valence-electron chi connectivity index (χ2n) is 6.55. The molecule has 4 heterocycles. The molecule has 7 nitrogen and oxygen atoms in total. The molecular formula is C17H18F3N7. The number of piperidine rings is 1. The highest BCUT2D eigenvalue weighted by molar-refractivity contribution is 5.58. The maximum absolute atomic E-state index is 13.0. The van der Waals surface area contributed by atoms with Crippen LogP contribution in [0.1, 0.15) is 18.5 Å². The summed E-state index contributed by atoms with van der Waals surface area (Å²) in [7, 11) is 0. The molecule has 3 aromatic heterocycles. The van der Waals surface area contributed by atoms with Crippen molar-refractivity contribution in [3.8, 4) is 11.5 Å². The van der Waals surface area contributed by atoms with E-state index in [0.717, 1.165) is 44.1 Å². The van der Waals surface area contributed by atoms with Gasteiger partial charge < -0.3 is 10.6 Å². The zero-order valence-corrected chi connectivity index (χ0v) is 14.4. The molecule has 0 atom stereocenters. The van der Waals surface area contributed by atoms with E-state index in [-0.39, 0.29) is 0 Å². The van der Waals surface area contributed by atoms with Crippen LogP contribution in [0, 0.1) is 5.92 Å². The number of aromatic nitrogens is 5. The van der Waals surface area contributed by atoms with Crippen LogP contribution in [-0.2, 0) is 6.18 Å². The molecule has 0 aliphatic carbocycles. The lowest BCUT2D eigenvalue weighted by Gasteiger charge is -2.32. The summed E-state index contributed by atoms with van der Waals surface area (Å²) >= 11 is 0. The van der Waals surface area contributed by atoms with Crippen LogP contribution in [0.25, 0.3) is 17.2 Å². The van der Waals surface area contributed by atoms with Crippen molar-refractivity contribution < 1.29 is 13.2 Å². The summed E-state index contributed by atoms with van der Waals surface area (Å²) in [6.45, 7) is 2.36. The van der Waals surface area contributed by atoms with Gasteiger partial charge in [-0.25, -0.2) is 19.9 Å². The Balaban J connectivity index is 1.68. The average molecular weight is 377 g/mol. The maximum atomic E-state index is 13.0. The number of nitrogens with zero attached hydrogens (tertiary/aromatic N) is 6. The van der Waals surface area contributed by atoms with Crippen LogP contribution < -0.4 is 10.6 Å². The van der Waals surface area contributed by atoms with Gasteiger partial charge in [-0.15, -0.1) is 0 Å². The third-order valence-electron chi connectivity index (χ3n) is 4.83. The summed E-state index contributed by atoms with van der Waals surface area (Å²) in [4.78, 5) is 18.5. The Morgan fingerprint density at radius 3 is 2.59 bits per heavy atom. The first-order valence-corrected chi connectivity index (χ1v) is 8.64. The summed E-state index contributed by atoms with van der Waals surface area (Å²) < 4.78 is 40.3. The number of imidazole rings is 1. The van der Waals surface area contributed by atoms with Crippen molar-refractivity contribution >= 4 is 11.5 Å². The molecule has 0 saturated carbocycles. The van der Waals surface area contributed by atoms with Crippen LogP contribution in [-0.4, -0.2) is 44.0 Å². The monoisotopic (exact) mass is 377 g/mol. The fraction of sp³-hybridized carbons (Fsp3) is 0.412. The third-order valence-corrected chi connectivity index (χ3v) is 4.83. The van der Waals surface area contributed by atoms with Gasteiger partial charge in [0.05, 0.1) is 12.4 Å². The molecule has 0 amide bonds. The van der Waals surface area contributed by atoms with Gasteiger partial charge in [-0.05, 0) is 31.4 Å². The van der Waals surface area contributed by atoms with E-state index in [9.17, 15) is 13.2 Å². The Kier molecular flexibility index (Phi) is 4.42. The van der Waals surface area contributed by atoms with E-state index in [0.29, 0.717) is 29.6 Å². The van der Waals surface area contributed by atoms with Gasteiger partial charge in [0, 0.05) is 25.5 Å². The second-order valence-corrected chi connectivity index (χ2v) is 6.55. The molecule has 2 N–H and O–H groups in total. The summed E-state index contributed by atoms with van der Waals surface area (Å²) in [5, 5.41) is 0. The van der Waals surface area contributed by atoms with Crippen LogP contribution in [0.15, 0.2) is 30.9 Å². The largest absolute Gasteiger partial charge is 0.434 e. The fourth-order valence-electron chi connectivity index (χ4n) is 3.25. The lowest BCUT2D eigenvalue weighted by Crippen LogP contribution is -2.36. The molecule has 1 aliphatic rings. The van der Waals surface area contributed by atoms with Gasteiger partial charge in [0.15, 0.2) is 17.2 Å². The molecule has 4 rings (SSSR count). The fourth-order valence-corrected chi connectivity index (χ4v) is 3.25. The molecule has 0 aromatic carbocycles. The first-order valence-electron chi connectivity index (χ1n) is 8.64. The Morgan fingerprint density at radius 1 is 1.11 bits per heavy atom. The van der Waals surface area contributed by atoms with Gasteiger partial charge in [0.1, 0.15) is 11.5 Å². The molecule has 142 valence electrons. The van der Waals surface area contributed by atoms with E-state index < -0.39 is 11.9 Å². The number of hydrogen-bond acceptors (Lipinski definition) is 6. The minimum absolute atomic E-state index is 0.302. The van der Waals surface area contributed by atoms with E-state index in [1.54, 1.807) is 12.3 Å². The number of hydrogen-bond donors (Lipinski definition) is 1. The van der Waals surface area contributed by atoms with Crippen molar-refractivity contribution in [2.75, 3.05) is 24.5 Å². The molecule has 1 fully saturated rings. The van der Waals surface area contributed by atoms with Crippen molar-refractivity contribution in [3.05, 3.63) is 36.5 Å². The maximum Gasteiger partial charge on any atom is 0.434 e. The van der Waals surface area contributed by atoms with E-state index >= 15 is 0 Å². The van der Waals surface area contributed by atoms with Gasteiger partial charge in [-0.2, -0.15) is 13.2 Å². The van der Waals surface area contributed by atoms with Gasteiger partial charge in [0.2, 0.25) is 0 Å². The molecule has 10 heteroatoms. The second kappa shape index (κ2) is 6.76. The van der Waals surface area contributed by atoms with Crippen LogP contribution >= 0.6 is 0 Å². The highest BCUT2D eigenvalue weighted by Gasteiger charge is 2.33. The number of nitrogens with two attached hydrogens (primary N) is 1. The van der Waals surface area contributed by atoms with E-state index in [1.807, 2.05) is 0 Å². The molecule has 3 aromatic rings. The number of anilines is 1. The predicted molar refractivity (Wildman–Crippen MR) is 93.0 cm³/mol. The molecule has 1 aliphatic heterocycles. The Labute approximate surface area is 153 Å². The lowest BCUT2D eigenvalue weighted by atomic mass is 9.97. The molecule has 0 unspecified atom stereocenters. The highest BCUT2D eigenvalue weighted by atomic mass is 19.4. The Hall–Kier alpha value is -2.75. The number of alkyl halides is 3. The SMILES string of the molecule is NCC1CCN(c2ccnc(-c3cnc4cnc(C(F)(F)F)cn34)n2)CC1. The number of rotatable bonds is 3. The molecule has 27 heavy (non-hydrogen) atoms. The lowest BCUT2D eigenvalue weighted by molar-refractivity contribution is -0.141. The summed E-state index contributed by atoms with van der Waals surface area (Å²) in [5.41, 5.74) is 5.43. The molecule has 0 spiro atoms. The van der Waals surface area contributed by atoms with Crippen molar-refractivity contribution in [1.82, 2.24) is 24.3 Å². The van der Waals surface area contributed by atoms with E-state index in [4.69, 9.17) is 5.73 Å². The Morgan fingerprint density at radius 2 is 1.89 bits per heavy atom. The first-order chi connectivity index (χ1) is 13.0. The van der Waals surface area contributed by atoms with Crippen LogP contribution in [0.4, 0.5) is 19.0 Å². The topological polar surface area (TPSA) is 85.2 Å². The number of fused-ring (bicyclic) bond motifs is 1. The highest BCUT2D eigenvalue weighted by Crippen LogP contribution is 2.29. The minimum Gasteiger partial charge on any atom is -0.356 e. The number of halogens is 3. The van der Waals surface area contributed by atoms with Gasteiger partial charge in [-0.1, -0.05) is 0 Å². The minimum atomic E-state index is -4.54. The zero-order valence-electron chi connectivity index (χ0n) is 14.4. The van der Waals surface area contributed by atoms with Gasteiger partial charge in [-0.3, -0.25) is 4.40 Å². The quantitative estimate of drug-likeness (QED) is 0.754. The first kappa shape index (κ1) is 17.7.